The third-order valence-corrected chi connectivity index (χ3v) is 4.11. The summed E-state index contributed by atoms with van der Waals surface area (Å²) >= 11 is 5.96. The number of fused-ring (bicyclic) bond motifs is 3. The largest absolute Gasteiger partial charge is 0.358 e. The van der Waals surface area contributed by atoms with Crippen LogP contribution in [0.2, 0.25) is 5.02 Å². The summed E-state index contributed by atoms with van der Waals surface area (Å²) in [4.78, 5) is 19.4. The fourth-order valence-electron chi connectivity index (χ4n) is 2.81. The van der Waals surface area contributed by atoms with Crippen molar-refractivity contribution in [3.05, 3.63) is 74.5 Å². The number of rotatable bonds is 1. The summed E-state index contributed by atoms with van der Waals surface area (Å²) in [6, 6.07) is 10.7. The highest BCUT2D eigenvalue weighted by Gasteiger charge is 2.24. The predicted molar refractivity (Wildman–Crippen MR) is 99.4 cm³/mol. The Morgan fingerprint density at radius 2 is 1.84 bits per heavy atom. The van der Waals surface area contributed by atoms with Crippen molar-refractivity contribution in [1.29, 1.82) is 0 Å². The highest BCUT2D eigenvalue weighted by Crippen LogP contribution is 2.33. The molecule has 3 aromatic rings. The first kappa shape index (κ1) is 17.2. The second-order valence-electron chi connectivity index (χ2n) is 5.35. The molecular formula is C19H18ClN3O2. The Morgan fingerprint density at radius 1 is 1.12 bits per heavy atom. The van der Waals surface area contributed by atoms with Crippen LogP contribution < -0.4 is 5.56 Å². The molecule has 1 aromatic carbocycles. The number of nitrogens with one attached hydrogen (secondary N) is 1. The fourth-order valence-corrected chi connectivity index (χ4v) is 2.94. The molecule has 6 heteroatoms. The number of halogens is 1. The van der Waals surface area contributed by atoms with Crippen LogP contribution in [0.15, 0.2) is 50.7 Å². The summed E-state index contributed by atoms with van der Waals surface area (Å²) in [5.41, 5.74) is 4.62. The van der Waals surface area contributed by atoms with E-state index in [1.54, 1.807) is 18.2 Å². The van der Waals surface area contributed by atoms with E-state index in [1.165, 1.54) is 6.07 Å². The van der Waals surface area contributed by atoms with Gasteiger partial charge in [-0.3, -0.25) is 9.79 Å². The Balaban J connectivity index is 0.000000880. The van der Waals surface area contributed by atoms with E-state index >= 15 is 0 Å². The number of benzene rings is 1. The maximum absolute atomic E-state index is 11.8. The number of hydrogen-bond acceptors (Lipinski definition) is 4. The van der Waals surface area contributed by atoms with Crippen molar-refractivity contribution in [2.45, 2.75) is 27.3 Å². The molecule has 1 aliphatic heterocycles. The van der Waals surface area contributed by atoms with E-state index in [1.807, 2.05) is 32.9 Å². The highest BCUT2D eigenvalue weighted by molar-refractivity contribution is 6.30. The normalized spacial score (nSPS) is 12.2. The number of aryl methyl sites for hydroxylation is 1. The van der Waals surface area contributed by atoms with Crippen molar-refractivity contribution in [3.63, 3.8) is 0 Å². The second kappa shape index (κ2) is 7.07. The summed E-state index contributed by atoms with van der Waals surface area (Å²) in [6.45, 7) is 6.25. The maximum Gasteiger partial charge on any atom is 0.248 e. The Labute approximate surface area is 150 Å². The van der Waals surface area contributed by atoms with E-state index in [2.05, 4.69) is 15.1 Å². The van der Waals surface area contributed by atoms with Crippen LogP contribution in [-0.4, -0.2) is 15.9 Å². The molecule has 0 unspecified atom stereocenters. The van der Waals surface area contributed by atoms with Gasteiger partial charge in [0.25, 0.3) is 0 Å². The number of aliphatic imine (C=N–C) groups is 1. The van der Waals surface area contributed by atoms with Crippen molar-refractivity contribution in [2.75, 3.05) is 0 Å². The lowest BCUT2D eigenvalue weighted by Crippen LogP contribution is -2.14. The lowest BCUT2D eigenvalue weighted by atomic mass is 9.98. The van der Waals surface area contributed by atoms with Gasteiger partial charge in [-0.1, -0.05) is 42.7 Å². The van der Waals surface area contributed by atoms with Crippen molar-refractivity contribution in [1.82, 2.24) is 10.1 Å². The molecule has 3 heterocycles. The van der Waals surface area contributed by atoms with Gasteiger partial charge in [-0.05, 0) is 25.1 Å². The number of hydrogen-bond donors (Lipinski definition) is 1. The Hall–Kier alpha value is -2.66. The van der Waals surface area contributed by atoms with Gasteiger partial charge in [0.2, 0.25) is 5.56 Å². The molecule has 5 nitrogen and oxygen atoms in total. The summed E-state index contributed by atoms with van der Waals surface area (Å²) in [5, 5.41) is 4.67. The SMILES string of the molecule is CC.Cc1noc2c1-c1ccc(=O)[nH]c1C(c1ccc(Cl)cc1)=NC2. The molecule has 0 radical (unpaired) electrons. The summed E-state index contributed by atoms with van der Waals surface area (Å²) in [7, 11) is 0. The average Bonchev–Trinajstić information content (AvgIpc) is 2.91. The van der Waals surface area contributed by atoms with Crippen LogP contribution in [0.5, 0.6) is 0 Å². The first-order valence-electron chi connectivity index (χ1n) is 8.13. The minimum atomic E-state index is -0.178. The van der Waals surface area contributed by atoms with Crippen LogP contribution in [0.3, 0.4) is 0 Å². The zero-order chi connectivity index (χ0) is 18.0. The van der Waals surface area contributed by atoms with Gasteiger partial charge in [-0.15, -0.1) is 0 Å². The monoisotopic (exact) mass is 355 g/mol. The molecule has 0 saturated carbocycles. The third-order valence-electron chi connectivity index (χ3n) is 3.86. The number of aromatic nitrogens is 2. The minimum absolute atomic E-state index is 0.178. The molecule has 0 spiro atoms. The lowest BCUT2D eigenvalue weighted by Gasteiger charge is -2.10. The molecule has 2 aromatic heterocycles. The van der Waals surface area contributed by atoms with E-state index in [-0.39, 0.29) is 5.56 Å². The molecular weight excluding hydrogens is 338 g/mol. The number of H-pyrrole nitrogens is 1. The topological polar surface area (TPSA) is 71.2 Å². The number of aromatic amines is 1. The zero-order valence-electron chi connectivity index (χ0n) is 14.3. The van der Waals surface area contributed by atoms with Crippen molar-refractivity contribution in [3.8, 4) is 11.1 Å². The standard InChI is InChI=1S/C17H12ClN3O2.C2H6/c1-9-15-12-6-7-14(22)20-17(12)16(19-8-13(15)23-21-9)10-2-4-11(18)5-3-10;1-2/h2-7H,8H2,1H3,(H,20,22);1-2H3. The summed E-state index contributed by atoms with van der Waals surface area (Å²) in [5.74, 6) is 0.694. The van der Waals surface area contributed by atoms with E-state index in [9.17, 15) is 4.79 Å². The smallest absolute Gasteiger partial charge is 0.248 e. The molecule has 0 bridgehead atoms. The fraction of sp³-hybridized carbons (Fsp3) is 0.211. The number of nitrogens with zero attached hydrogens (tertiary/aromatic N) is 2. The van der Waals surface area contributed by atoms with Crippen LogP contribution in [0.25, 0.3) is 11.1 Å². The molecule has 0 fully saturated rings. The first-order valence-corrected chi connectivity index (χ1v) is 8.51. The third kappa shape index (κ3) is 3.15. The predicted octanol–water partition coefficient (Wildman–Crippen LogP) is 4.37. The summed E-state index contributed by atoms with van der Waals surface area (Å²) < 4.78 is 5.39. The van der Waals surface area contributed by atoms with Gasteiger partial charge in [0.1, 0.15) is 6.54 Å². The molecule has 4 rings (SSSR count). The van der Waals surface area contributed by atoms with Gasteiger partial charge in [0.15, 0.2) is 5.76 Å². The quantitative estimate of drug-likeness (QED) is 0.704. The molecule has 128 valence electrons. The van der Waals surface area contributed by atoms with Gasteiger partial charge < -0.3 is 9.51 Å². The van der Waals surface area contributed by atoms with E-state index in [0.29, 0.717) is 28.7 Å². The van der Waals surface area contributed by atoms with E-state index in [0.717, 1.165) is 22.4 Å². The molecule has 0 saturated heterocycles. The molecule has 0 aliphatic carbocycles. The Bertz CT molecular complexity index is 985. The van der Waals surface area contributed by atoms with Gasteiger partial charge in [0.05, 0.1) is 22.7 Å². The number of pyridine rings is 1. The Kier molecular flexibility index (Phi) is 4.86. The van der Waals surface area contributed by atoms with E-state index < -0.39 is 0 Å². The average molecular weight is 356 g/mol. The van der Waals surface area contributed by atoms with Gasteiger partial charge in [-0.25, -0.2) is 0 Å². The molecule has 0 amide bonds. The Morgan fingerprint density at radius 3 is 2.56 bits per heavy atom. The second-order valence-corrected chi connectivity index (χ2v) is 5.79. The van der Waals surface area contributed by atoms with Crippen LogP contribution in [0.1, 0.15) is 36.6 Å². The first-order chi connectivity index (χ1) is 12.1. The van der Waals surface area contributed by atoms with Gasteiger partial charge >= 0.3 is 0 Å². The molecule has 1 N–H and O–H groups in total. The van der Waals surface area contributed by atoms with Crippen molar-refractivity contribution < 1.29 is 4.52 Å². The van der Waals surface area contributed by atoms with E-state index in [4.69, 9.17) is 16.1 Å². The molecule has 0 atom stereocenters. The van der Waals surface area contributed by atoms with Crippen molar-refractivity contribution in [2.24, 2.45) is 4.99 Å². The zero-order valence-corrected chi connectivity index (χ0v) is 15.0. The summed E-state index contributed by atoms with van der Waals surface area (Å²) in [6.07, 6.45) is 0. The molecule has 1 aliphatic rings. The molecule has 25 heavy (non-hydrogen) atoms. The van der Waals surface area contributed by atoms with Crippen molar-refractivity contribution >= 4 is 17.3 Å². The van der Waals surface area contributed by atoms with Crippen LogP contribution in [0.4, 0.5) is 0 Å². The minimum Gasteiger partial charge on any atom is -0.358 e. The maximum atomic E-state index is 11.8. The van der Waals surface area contributed by atoms with Crippen LogP contribution in [-0.2, 0) is 6.54 Å². The van der Waals surface area contributed by atoms with Crippen LogP contribution >= 0.6 is 11.6 Å². The van der Waals surface area contributed by atoms with Gasteiger partial charge in [0, 0.05) is 22.2 Å². The lowest BCUT2D eigenvalue weighted by molar-refractivity contribution is 0.382. The van der Waals surface area contributed by atoms with Crippen LogP contribution in [0, 0.1) is 6.92 Å². The van der Waals surface area contributed by atoms with Gasteiger partial charge in [-0.2, -0.15) is 0 Å². The highest BCUT2D eigenvalue weighted by atomic mass is 35.5.